The van der Waals surface area contributed by atoms with E-state index in [1.807, 2.05) is 6.07 Å². The van der Waals surface area contributed by atoms with Gasteiger partial charge in [-0.3, -0.25) is 9.59 Å². The molecule has 1 saturated heterocycles. The Hall–Kier alpha value is -1.07. The zero-order chi connectivity index (χ0) is 11.5. The molecule has 2 rings (SSSR count). The maximum atomic E-state index is 11.6. The molecule has 0 aliphatic carbocycles. The Balaban J connectivity index is 1.82. The molecule has 2 N–H and O–H groups in total. The highest BCUT2D eigenvalue weighted by molar-refractivity contribution is 7.16. The zero-order valence-electron chi connectivity index (χ0n) is 8.46. The van der Waals surface area contributed by atoms with Gasteiger partial charge in [-0.1, -0.05) is 11.6 Å². The standard InChI is InChI=1S/C10H11ClN2O2S/c11-8-3-1-6(16-8)5-12-10(15)7-2-4-9(14)13-7/h1,3,7H,2,4-5H2,(H,12,15)(H,13,14)/t7-/m0/s1. The highest BCUT2D eigenvalue weighted by Gasteiger charge is 2.26. The predicted octanol–water partition coefficient (Wildman–Crippen LogP) is 1.30. The Morgan fingerprint density at radius 2 is 2.44 bits per heavy atom. The lowest BCUT2D eigenvalue weighted by Crippen LogP contribution is -2.41. The second kappa shape index (κ2) is 4.84. The molecule has 86 valence electrons. The van der Waals surface area contributed by atoms with Crippen LogP contribution in [0.2, 0.25) is 4.34 Å². The molecule has 1 aliphatic rings. The highest BCUT2D eigenvalue weighted by Crippen LogP contribution is 2.21. The summed E-state index contributed by atoms with van der Waals surface area (Å²) in [6.45, 7) is 0.461. The van der Waals surface area contributed by atoms with Crippen LogP contribution in [0, 0.1) is 0 Å². The van der Waals surface area contributed by atoms with Gasteiger partial charge in [-0.25, -0.2) is 0 Å². The topological polar surface area (TPSA) is 58.2 Å². The summed E-state index contributed by atoms with van der Waals surface area (Å²) in [6.07, 6.45) is 1.01. The van der Waals surface area contributed by atoms with Gasteiger partial charge in [-0.05, 0) is 18.6 Å². The van der Waals surface area contributed by atoms with Crippen LogP contribution in [0.1, 0.15) is 17.7 Å². The van der Waals surface area contributed by atoms with Crippen molar-refractivity contribution >= 4 is 34.8 Å². The molecule has 0 spiro atoms. The minimum Gasteiger partial charge on any atom is -0.349 e. The molecule has 1 aromatic rings. The first-order valence-corrected chi connectivity index (χ1v) is 6.16. The van der Waals surface area contributed by atoms with E-state index < -0.39 is 0 Å². The number of amides is 2. The molecule has 1 aromatic heterocycles. The van der Waals surface area contributed by atoms with Crippen molar-refractivity contribution in [1.82, 2.24) is 10.6 Å². The smallest absolute Gasteiger partial charge is 0.242 e. The normalized spacial score (nSPS) is 19.6. The lowest BCUT2D eigenvalue weighted by atomic mass is 10.2. The fourth-order valence-electron chi connectivity index (χ4n) is 1.55. The number of hydrogen-bond acceptors (Lipinski definition) is 3. The summed E-state index contributed by atoms with van der Waals surface area (Å²) < 4.78 is 0.707. The summed E-state index contributed by atoms with van der Waals surface area (Å²) in [4.78, 5) is 23.5. The Morgan fingerprint density at radius 3 is 3.00 bits per heavy atom. The summed E-state index contributed by atoms with van der Waals surface area (Å²) in [6, 6.07) is 3.30. The van der Waals surface area contributed by atoms with Crippen molar-refractivity contribution in [2.45, 2.75) is 25.4 Å². The molecule has 0 aromatic carbocycles. The third-order valence-corrected chi connectivity index (χ3v) is 3.61. The van der Waals surface area contributed by atoms with E-state index in [0.717, 1.165) is 4.88 Å². The first kappa shape index (κ1) is 11.4. The molecule has 0 bridgehead atoms. The highest BCUT2D eigenvalue weighted by atomic mass is 35.5. The molecule has 6 heteroatoms. The molecule has 16 heavy (non-hydrogen) atoms. The van der Waals surface area contributed by atoms with Crippen molar-refractivity contribution in [3.8, 4) is 0 Å². The Kier molecular flexibility index (Phi) is 3.46. The van der Waals surface area contributed by atoms with E-state index in [0.29, 0.717) is 23.7 Å². The largest absolute Gasteiger partial charge is 0.349 e. The molecule has 4 nitrogen and oxygen atoms in total. The van der Waals surface area contributed by atoms with Crippen LogP contribution in [0.5, 0.6) is 0 Å². The summed E-state index contributed by atoms with van der Waals surface area (Å²) >= 11 is 7.21. The minimum absolute atomic E-state index is 0.0562. The third-order valence-electron chi connectivity index (χ3n) is 2.38. The summed E-state index contributed by atoms with van der Waals surface area (Å²) in [5.41, 5.74) is 0. The van der Waals surface area contributed by atoms with Crippen LogP contribution in [0.3, 0.4) is 0 Å². The van der Waals surface area contributed by atoms with Gasteiger partial charge >= 0.3 is 0 Å². The van der Waals surface area contributed by atoms with E-state index in [1.165, 1.54) is 11.3 Å². The van der Waals surface area contributed by atoms with Gasteiger partial charge in [0.25, 0.3) is 0 Å². The number of rotatable bonds is 3. The summed E-state index contributed by atoms with van der Waals surface area (Å²) in [7, 11) is 0. The van der Waals surface area contributed by atoms with Crippen molar-refractivity contribution in [2.24, 2.45) is 0 Å². The van der Waals surface area contributed by atoms with Crippen LogP contribution in [-0.4, -0.2) is 17.9 Å². The van der Waals surface area contributed by atoms with Crippen LogP contribution >= 0.6 is 22.9 Å². The van der Waals surface area contributed by atoms with E-state index in [-0.39, 0.29) is 17.9 Å². The quantitative estimate of drug-likeness (QED) is 0.859. The van der Waals surface area contributed by atoms with Gasteiger partial charge in [0.2, 0.25) is 11.8 Å². The molecule has 0 radical (unpaired) electrons. The Morgan fingerprint density at radius 1 is 1.62 bits per heavy atom. The summed E-state index contributed by atoms with van der Waals surface area (Å²) in [5, 5.41) is 5.39. The lowest BCUT2D eigenvalue weighted by Gasteiger charge is -2.09. The van der Waals surface area contributed by atoms with Gasteiger partial charge in [0.1, 0.15) is 6.04 Å². The van der Waals surface area contributed by atoms with Crippen molar-refractivity contribution in [2.75, 3.05) is 0 Å². The van der Waals surface area contributed by atoms with Gasteiger partial charge in [0.15, 0.2) is 0 Å². The first-order chi connectivity index (χ1) is 7.65. The Bertz CT molecular complexity index is 419. The fourth-order valence-corrected chi connectivity index (χ4v) is 2.58. The van der Waals surface area contributed by atoms with Crippen LogP contribution in [-0.2, 0) is 16.1 Å². The van der Waals surface area contributed by atoms with E-state index in [4.69, 9.17) is 11.6 Å². The van der Waals surface area contributed by atoms with Crippen molar-refractivity contribution in [1.29, 1.82) is 0 Å². The molecule has 0 unspecified atom stereocenters. The number of carbonyl (C=O) groups is 2. The van der Waals surface area contributed by atoms with Gasteiger partial charge in [0.05, 0.1) is 10.9 Å². The second-order valence-corrected chi connectivity index (χ2v) is 5.38. The number of nitrogens with one attached hydrogen (secondary N) is 2. The van der Waals surface area contributed by atoms with Gasteiger partial charge < -0.3 is 10.6 Å². The molecule has 1 fully saturated rings. The van der Waals surface area contributed by atoms with Crippen LogP contribution in [0.15, 0.2) is 12.1 Å². The van der Waals surface area contributed by atoms with Gasteiger partial charge in [0, 0.05) is 11.3 Å². The second-order valence-electron chi connectivity index (χ2n) is 3.58. The maximum absolute atomic E-state index is 11.6. The first-order valence-electron chi connectivity index (χ1n) is 4.96. The average molecular weight is 259 g/mol. The number of carbonyl (C=O) groups excluding carboxylic acids is 2. The van der Waals surface area contributed by atoms with Gasteiger partial charge in [-0.2, -0.15) is 0 Å². The Labute approximate surface area is 102 Å². The van der Waals surface area contributed by atoms with E-state index in [9.17, 15) is 9.59 Å². The van der Waals surface area contributed by atoms with E-state index in [1.54, 1.807) is 6.07 Å². The monoisotopic (exact) mass is 258 g/mol. The molecule has 1 aliphatic heterocycles. The number of thiophene rings is 1. The predicted molar refractivity (Wildman–Crippen MR) is 62.3 cm³/mol. The van der Waals surface area contributed by atoms with Crippen molar-refractivity contribution < 1.29 is 9.59 Å². The maximum Gasteiger partial charge on any atom is 0.242 e. The third kappa shape index (κ3) is 2.74. The van der Waals surface area contributed by atoms with Gasteiger partial charge in [-0.15, -0.1) is 11.3 Å². The lowest BCUT2D eigenvalue weighted by molar-refractivity contribution is -0.125. The van der Waals surface area contributed by atoms with E-state index >= 15 is 0 Å². The molecule has 2 amide bonds. The van der Waals surface area contributed by atoms with Crippen LogP contribution in [0.25, 0.3) is 0 Å². The molecule has 0 saturated carbocycles. The van der Waals surface area contributed by atoms with E-state index in [2.05, 4.69) is 10.6 Å². The number of hydrogen-bond donors (Lipinski definition) is 2. The molecule has 2 heterocycles. The fraction of sp³-hybridized carbons (Fsp3) is 0.400. The molecular formula is C10H11ClN2O2S. The minimum atomic E-state index is -0.372. The number of halogens is 1. The van der Waals surface area contributed by atoms with Crippen molar-refractivity contribution in [3.05, 3.63) is 21.3 Å². The zero-order valence-corrected chi connectivity index (χ0v) is 10.0. The average Bonchev–Trinajstić information content (AvgIpc) is 2.84. The SMILES string of the molecule is O=C1CC[C@@H](C(=O)NCc2ccc(Cl)s2)N1. The summed E-state index contributed by atoms with van der Waals surface area (Å²) in [5.74, 6) is -0.185. The molecular weight excluding hydrogens is 248 g/mol. The van der Waals surface area contributed by atoms with Crippen molar-refractivity contribution in [3.63, 3.8) is 0 Å². The van der Waals surface area contributed by atoms with Crippen LogP contribution < -0.4 is 10.6 Å². The van der Waals surface area contributed by atoms with Crippen LogP contribution in [0.4, 0.5) is 0 Å². The molecule has 1 atom stereocenters.